The van der Waals surface area contributed by atoms with Crippen molar-refractivity contribution in [3.8, 4) is 0 Å². The van der Waals surface area contributed by atoms with Gasteiger partial charge in [0.25, 0.3) is 0 Å². The fraction of sp³-hybridized carbons (Fsp3) is 0.562. The molecule has 0 atom stereocenters. The maximum absolute atomic E-state index is 12.1. The zero-order chi connectivity index (χ0) is 11.9. The predicted molar refractivity (Wildman–Crippen MR) is 71.2 cm³/mol. The van der Waals surface area contributed by atoms with Crippen LogP contribution in [-0.4, -0.2) is 5.78 Å². The molecular weight excluding hydrogens is 208 g/mol. The Kier molecular flexibility index (Phi) is 4.78. The maximum atomic E-state index is 12.1. The molecule has 0 radical (unpaired) electrons. The third-order valence-electron chi connectivity index (χ3n) is 3.79. The molecule has 0 spiro atoms. The number of benzene rings is 1. The Morgan fingerprint density at radius 3 is 2.18 bits per heavy atom. The number of Topliss-reactive ketones (excluding diaryl/α,β-unsaturated/α-hetero) is 1. The van der Waals surface area contributed by atoms with Crippen LogP contribution in [0.25, 0.3) is 0 Å². The van der Waals surface area contributed by atoms with Crippen LogP contribution in [0.4, 0.5) is 0 Å². The summed E-state index contributed by atoms with van der Waals surface area (Å²) in [6.45, 7) is 0. The fourth-order valence-corrected chi connectivity index (χ4v) is 2.75. The van der Waals surface area contributed by atoms with Gasteiger partial charge in [0.2, 0.25) is 0 Å². The van der Waals surface area contributed by atoms with Crippen molar-refractivity contribution in [2.75, 3.05) is 0 Å². The van der Waals surface area contributed by atoms with Crippen molar-refractivity contribution < 1.29 is 4.79 Å². The molecule has 1 aromatic rings. The number of hydrogen-bond donors (Lipinski definition) is 0. The van der Waals surface area contributed by atoms with E-state index < -0.39 is 0 Å². The number of carbonyl (C=O) groups is 1. The average molecular weight is 230 g/mol. The Morgan fingerprint density at radius 1 is 0.941 bits per heavy atom. The van der Waals surface area contributed by atoms with Gasteiger partial charge in [0, 0.05) is 12.0 Å². The predicted octanol–water partition coefficient (Wildman–Crippen LogP) is 4.62. The lowest BCUT2D eigenvalue weighted by molar-refractivity contribution is 0.0953. The highest BCUT2D eigenvalue weighted by Gasteiger charge is 2.16. The normalized spacial score (nSPS) is 18.4. The molecule has 1 nitrogen and oxygen atoms in total. The molecule has 2 rings (SSSR count). The third-order valence-corrected chi connectivity index (χ3v) is 3.79. The zero-order valence-electron chi connectivity index (χ0n) is 10.5. The molecular formula is C16H22O. The standard InChI is InChI=1S/C16H22O/c17-16(15-11-7-4-8-12-15)13-14-9-5-2-1-3-6-10-14/h4,7-8,11-12,14H,1-3,5-6,9-10,13H2. The van der Waals surface area contributed by atoms with Crippen LogP contribution in [0, 0.1) is 5.92 Å². The number of ketones is 1. The average Bonchev–Trinajstić information content (AvgIpc) is 2.33. The second kappa shape index (κ2) is 6.58. The van der Waals surface area contributed by atoms with Crippen molar-refractivity contribution in [2.24, 2.45) is 5.92 Å². The maximum Gasteiger partial charge on any atom is 0.163 e. The van der Waals surface area contributed by atoms with Crippen molar-refractivity contribution in [3.05, 3.63) is 35.9 Å². The van der Waals surface area contributed by atoms with Crippen LogP contribution in [-0.2, 0) is 0 Å². The van der Waals surface area contributed by atoms with Gasteiger partial charge in [-0.3, -0.25) is 4.79 Å². The van der Waals surface area contributed by atoms with Gasteiger partial charge in [0.05, 0.1) is 0 Å². The van der Waals surface area contributed by atoms with Gasteiger partial charge in [-0.1, -0.05) is 75.3 Å². The molecule has 17 heavy (non-hydrogen) atoms. The molecule has 0 saturated heterocycles. The van der Waals surface area contributed by atoms with E-state index in [-0.39, 0.29) is 0 Å². The molecule has 0 aliphatic heterocycles. The largest absolute Gasteiger partial charge is 0.294 e. The summed E-state index contributed by atoms with van der Waals surface area (Å²) in [5, 5.41) is 0. The molecule has 0 heterocycles. The monoisotopic (exact) mass is 230 g/mol. The summed E-state index contributed by atoms with van der Waals surface area (Å²) < 4.78 is 0. The minimum atomic E-state index is 0.330. The molecule has 1 aliphatic carbocycles. The van der Waals surface area contributed by atoms with Crippen LogP contribution < -0.4 is 0 Å². The smallest absolute Gasteiger partial charge is 0.163 e. The first-order valence-corrected chi connectivity index (χ1v) is 6.94. The Bertz CT molecular complexity index is 334. The van der Waals surface area contributed by atoms with Crippen molar-refractivity contribution >= 4 is 5.78 Å². The summed E-state index contributed by atoms with van der Waals surface area (Å²) in [6.07, 6.45) is 9.98. The van der Waals surface area contributed by atoms with Crippen LogP contribution in [0.3, 0.4) is 0 Å². The summed E-state index contributed by atoms with van der Waals surface area (Å²) in [5.74, 6) is 0.958. The molecule has 1 heteroatoms. The number of hydrogen-bond acceptors (Lipinski definition) is 1. The Balaban J connectivity index is 1.88. The fourth-order valence-electron chi connectivity index (χ4n) is 2.75. The van der Waals surface area contributed by atoms with E-state index >= 15 is 0 Å². The number of rotatable bonds is 3. The van der Waals surface area contributed by atoms with E-state index in [0.717, 1.165) is 12.0 Å². The second-order valence-corrected chi connectivity index (χ2v) is 5.20. The molecule has 1 fully saturated rings. The molecule has 0 N–H and O–H groups in total. The third kappa shape index (κ3) is 3.99. The van der Waals surface area contributed by atoms with Crippen LogP contribution >= 0.6 is 0 Å². The Hall–Kier alpha value is -1.11. The molecule has 0 unspecified atom stereocenters. The van der Waals surface area contributed by atoms with Gasteiger partial charge < -0.3 is 0 Å². The quantitative estimate of drug-likeness (QED) is 0.692. The van der Waals surface area contributed by atoms with Gasteiger partial charge in [-0.25, -0.2) is 0 Å². The number of carbonyl (C=O) groups excluding carboxylic acids is 1. The van der Waals surface area contributed by atoms with Crippen LogP contribution in [0.2, 0.25) is 0 Å². The van der Waals surface area contributed by atoms with Gasteiger partial charge in [0.1, 0.15) is 0 Å². The highest BCUT2D eigenvalue weighted by atomic mass is 16.1. The van der Waals surface area contributed by atoms with Crippen molar-refractivity contribution in [3.63, 3.8) is 0 Å². The van der Waals surface area contributed by atoms with Crippen LogP contribution in [0.5, 0.6) is 0 Å². The summed E-state index contributed by atoms with van der Waals surface area (Å²) in [6, 6.07) is 9.74. The molecule has 1 aromatic carbocycles. The first-order valence-electron chi connectivity index (χ1n) is 6.94. The lowest BCUT2D eigenvalue weighted by Crippen LogP contribution is -2.10. The molecule has 0 amide bonds. The summed E-state index contributed by atoms with van der Waals surface area (Å²) in [4.78, 5) is 12.1. The molecule has 0 bridgehead atoms. The minimum absolute atomic E-state index is 0.330. The van der Waals surface area contributed by atoms with Gasteiger partial charge in [-0.2, -0.15) is 0 Å². The van der Waals surface area contributed by atoms with E-state index in [4.69, 9.17) is 0 Å². The Labute approximate surface area is 104 Å². The summed E-state index contributed by atoms with van der Waals surface area (Å²) >= 11 is 0. The first-order chi connectivity index (χ1) is 8.36. The topological polar surface area (TPSA) is 17.1 Å². The van der Waals surface area contributed by atoms with Crippen molar-refractivity contribution in [1.29, 1.82) is 0 Å². The summed E-state index contributed by atoms with van der Waals surface area (Å²) in [7, 11) is 0. The SMILES string of the molecule is O=C(CC1CCCCCCC1)c1ccccc1. The van der Waals surface area contributed by atoms with Gasteiger partial charge in [-0.15, -0.1) is 0 Å². The van der Waals surface area contributed by atoms with E-state index in [2.05, 4.69) is 0 Å². The molecule has 1 aliphatic rings. The van der Waals surface area contributed by atoms with Gasteiger partial charge >= 0.3 is 0 Å². The van der Waals surface area contributed by atoms with E-state index in [0.29, 0.717) is 11.7 Å². The highest BCUT2D eigenvalue weighted by Crippen LogP contribution is 2.25. The second-order valence-electron chi connectivity index (χ2n) is 5.20. The molecule has 1 saturated carbocycles. The van der Waals surface area contributed by atoms with E-state index in [9.17, 15) is 4.79 Å². The van der Waals surface area contributed by atoms with E-state index in [1.165, 1.54) is 44.9 Å². The molecule has 0 aromatic heterocycles. The summed E-state index contributed by atoms with van der Waals surface area (Å²) in [5.41, 5.74) is 0.884. The lowest BCUT2D eigenvalue weighted by Gasteiger charge is -2.18. The lowest BCUT2D eigenvalue weighted by atomic mass is 9.86. The van der Waals surface area contributed by atoms with Crippen LogP contribution in [0.1, 0.15) is 61.7 Å². The van der Waals surface area contributed by atoms with Gasteiger partial charge in [0.15, 0.2) is 5.78 Å². The highest BCUT2D eigenvalue weighted by molar-refractivity contribution is 5.96. The van der Waals surface area contributed by atoms with Crippen molar-refractivity contribution in [1.82, 2.24) is 0 Å². The zero-order valence-corrected chi connectivity index (χ0v) is 10.5. The minimum Gasteiger partial charge on any atom is -0.294 e. The molecule has 92 valence electrons. The van der Waals surface area contributed by atoms with E-state index in [1.807, 2.05) is 30.3 Å². The van der Waals surface area contributed by atoms with Crippen molar-refractivity contribution in [2.45, 2.75) is 51.4 Å². The van der Waals surface area contributed by atoms with E-state index in [1.54, 1.807) is 0 Å². The van der Waals surface area contributed by atoms with Gasteiger partial charge in [-0.05, 0) is 5.92 Å². The van der Waals surface area contributed by atoms with Crippen LogP contribution in [0.15, 0.2) is 30.3 Å². The Morgan fingerprint density at radius 2 is 1.53 bits per heavy atom. The first kappa shape index (κ1) is 12.3.